The van der Waals surface area contributed by atoms with Crippen molar-refractivity contribution in [1.29, 1.82) is 0 Å². The SMILES string of the molecule is Cc1cc(-c2cc(C#Cc3ccccc3)cc(C#Cc3ccccc3)c2)cc(-c2cc(C#Cc3ccccc3)cc(C#Cc3ccccc3)c2)c1. The van der Waals surface area contributed by atoms with E-state index in [2.05, 4.69) is 109 Å². The maximum absolute atomic E-state index is 3.39. The summed E-state index contributed by atoms with van der Waals surface area (Å²) in [5, 5.41) is 0. The fourth-order valence-corrected chi connectivity index (χ4v) is 5.66. The first-order valence-electron chi connectivity index (χ1n) is 16.8. The Morgan fingerprint density at radius 3 is 0.745 bits per heavy atom. The Bertz CT molecular complexity index is 2230. The van der Waals surface area contributed by atoms with Crippen LogP contribution < -0.4 is 0 Å². The minimum absolute atomic E-state index is 0.911. The van der Waals surface area contributed by atoms with E-state index >= 15 is 0 Å². The molecule has 0 saturated carbocycles. The van der Waals surface area contributed by atoms with E-state index in [1.165, 1.54) is 0 Å². The molecule has 0 aliphatic heterocycles. The molecule has 0 heteroatoms. The topological polar surface area (TPSA) is 0 Å². The summed E-state index contributed by atoms with van der Waals surface area (Å²) in [6.07, 6.45) is 0. The standard InChI is InChI=1S/C51H32/c1-39-30-48(50-34-44(26-22-40-14-6-2-7-15-40)32-45(35-50)27-23-41-16-8-3-9-17-41)38-49(31-39)51-36-46(28-24-42-18-10-4-11-19-42)33-47(37-51)29-25-43-20-12-5-13-21-43/h2-21,30-38H,1H3. The van der Waals surface area contributed by atoms with Crippen LogP contribution in [0.15, 0.2) is 176 Å². The third-order valence-corrected chi connectivity index (χ3v) is 8.11. The molecule has 0 aliphatic carbocycles. The highest BCUT2D eigenvalue weighted by Crippen LogP contribution is 2.31. The summed E-state index contributed by atoms with van der Waals surface area (Å²) in [6, 6.07) is 59.7. The average Bonchev–Trinajstić information content (AvgIpc) is 3.19. The maximum Gasteiger partial charge on any atom is 0.0267 e. The summed E-state index contributed by atoms with van der Waals surface area (Å²) in [4.78, 5) is 0. The van der Waals surface area contributed by atoms with Gasteiger partial charge in [0, 0.05) is 44.5 Å². The molecule has 0 bridgehead atoms. The van der Waals surface area contributed by atoms with Gasteiger partial charge in [-0.25, -0.2) is 0 Å². The van der Waals surface area contributed by atoms with E-state index < -0.39 is 0 Å². The minimum Gasteiger partial charge on any atom is -0.0622 e. The highest BCUT2D eigenvalue weighted by atomic mass is 14.1. The van der Waals surface area contributed by atoms with Gasteiger partial charge in [0.2, 0.25) is 0 Å². The molecule has 7 aromatic rings. The van der Waals surface area contributed by atoms with Crippen molar-refractivity contribution in [3.63, 3.8) is 0 Å². The monoisotopic (exact) mass is 644 g/mol. The Morgan fingerprint density at radius 2 is 0.471 bits per heavy atom. The first-order valence-corrected chi connectivity index (χ1v) is 16.8. The van der Waals surface area contributed by atoms with E-state index in [4.69, 9.17) is 0 Å². The number of hydrogen-bond donors (Lipinski definition) is 0. The molecule has 0 atom stereocenters. The second kappa shape index (κ2) is 15.8. The van der Waals surface area contributed by atoms with Gasteiger partial charge in [-0.05, 0) is 126 Å². The van der Waals surface area contributed by atoms with Crippen molar-refractivity contribution in [1.82, 2.24) is 0 Å². The van der Waals surface area contributed by atoms with Crippen molar-refractivity contribution in [2.24, 2.45) is 0 Å². The summed E-state index contributed by atoms with van der Waals surface area (Å²) in [5.74, 6) is 26.9. The lowest BCUT2D eigenvalue weighted by Crippen LogP contribution is -1.90. The van der Waals surface area contributed by atoms with Gasteiger partial charge in [0.25, 0.3) is 0 Å². The Balaban J connectivity index is 1.32. The summed E-state index contributed by atoms with van der Waals surface area (Å²) < 4.78 is 0. The van der Waals surface area contributed by atoms with Crippen molar-refractivity contribution in [3.8, 4) is 69.6 Å². The quantitative estimate of drug-likeness (QED) is 0.164. The van der Waals surface area contributed by atoms with Crippen molar-refractivity contribution in [3.05, 3.63) is 226 Å². The van der Waals surface area contributed by atoms with E-state index in [-0.39, 0.29) is 0 Å². The van der Waals surface area contributed by atoms with E-state index in [1.807, 2.05) is 121 Å². The molecule has 0 saturated heterocycles. The van der Waals surface area contributed by atoms with Crippen LogP contribution in [0.5, 0.6) is 0 Å². The zero-order valence-corrected chi connectivity index (χ0v) is 28.2. The lowest BCUT2D eigenvalue weighted by molar-refractivity contribution is 1.45. The molecule has 0 radical (unpaired) electrons. The van der Waals surface area contributed by atoms with Crippen LogP contribution in [-0.2, 0) is 0 Å². The van der Waals surface area contributed by atoms with Crippen LogP contribution in [0.1, 0.15) is 50.1 Å². The maximum atomic E-state index is 3.39. The van der Waals surface area contributed by atoms with Gasteiger partial charge in [0.1, 0.15) is 0 Å². The zero-order valence-electron chi connectivity index (χ0n) is 28.2. The molecule has 236 valence electrons. The molecular weight excluding hydrogens is 613 g/mol. The normalized spacial score (nSPS) is 9.82. The van der Waals surface area contributed by atoms with Crippen LogP contribution in [0.25, 0.3) is 22.3 Å². The summed E-state index contributed by atoms with van der Waals surface area (Å²) in [7, 11) is 0. The lowest BCUT2D eigenvalue weighted by atomic mass is 9.93. The van der Waals surface area contributed by atoms with Gasteiger partial charge < -0.3 is 0 Å². The van der Waals surface area contributed by atoms with Gasteiger partial charge in [0.05, 0.1) is 0 Å². The number of benzene rings is 7. The Morgan fingerprint density at radius 1 is 0.235 bits per heavy atom. The van der Waals surface area contributed by atoms with Crippen molar-refractivity contribution >= 4 is 0 Å². The van der Waals surface area contributed by atoms with Gasteiger partial charge in [-0.3, -0.25) is 0 Å². The van der Waals surface area contributed by atoms with Crippen LogP contribution in [0.4, 0.5) is 0 Å². The van der Waals surface area contributed by atoms with Gasteiger partial charge in [-0.1, -0.05) is 132 Å². The van der Waals surface area contributed by atoms with Gasteiger partial charge in [0.15, 0.2) is 0 Å². The molecular formula is C51H32. The molecule has 0 fully saturated rings. The van der Waals surface area contributed by atoms with E-state index in [0.717, 1.165) is 72.3 Å². The fourth-order valence-electron chi connectivity index (χ4n) is 5.66. The molecule has 0 nitrogen and oxygen atoms in total. The van der Waals surface area contributed by atoms with Crippen molar-refractivity contribution < 1.29 is 0 Å². The second-order valence-corrected chi connectivity index (χ2v) is 12.1. The van der Waals surface area contributed by atoms with Crippen LogP contribution >= 0.6 is 0 Å². The zero-order chi connectivity index (χ0) is 34.7. The molecule has 0 spiro atoms. The third-order valence-electron chi connectivity index (χ3n) is 8.11. The molecule has 51 heavy (non-hydrogen) atoms. The number of hydrogen-bond acceptors (Lipinski definition) is 0. The molecule has 0 aromatic heterocycles. The summed E-state index contributed by atoms with van der Waals surface area (Å²) >= 11 is 0. The Kier molecular flexibility index (Phi) is 10.0. The summed E-state index contributed by atoms with van der Waals surface area (Å²) in [5.41, 5.74) is 13.0. The van der Waals surface area contributed by atoms with E-state index in [0.29, 0.717) is 0 Å². The van der Waals surface area contributed by atoms with Gasteiger partial charge in [-0.2, -0.15) is 0 Å². The predicted octanol–water partition coefficient (Wildman–Crippen LogP) is 10.9. The van der Waals surface area contributed by atoms with Crippen molar-refractivity contribution in [2.45, 2.75) is 6.92 Å². The first kappa shape index (κ1) is 32.3. The fraction of sp³-hybridized carbons (Fsp3) is 0.0196. The third kappa shape index (κ3) is 9.03. The van der Waals surface area contributed by atoms with Crippen LogP contribution in [-0.4, -0.2) is 0 Å². The molecule has 0 heterocycles. The molecule has 0 aliphatic rings. The average molecular weight is 645 g/mol. The summed E-state index contributed by atoms with van der Waals surface area (Å²) in [6.45, 7) is 2.14. The largest absolute Gasteiger partial charge is 0.0622 e. The number of aryl methyl sites for hydroxylation is 1. The van der Waals surface area contributed by atoms with E-state index in [1.54, 1.807) is 0 Å². The second-order valence-electron chi connectivity index (χ2n) is 12.1. The molecule has 0 N–H and O–H groups in total. The van der Waals surface area contributed by atoms with Crippen LogP contribution in [0, 0.1) is 54.3 Å². The van der Waals surface area contributed by atoms with Crippen LogP contribution in [0.2, 0.25) is 0 Å². The van der Waals surface area contributed by atoms with Crippen LogP contribution in [0.3, 0.4) is 0 Å². The molecule has 7 aromatic carbocycles. The Hall–Kier alpha value is -7.22. The lowest BCUT2D eigenvalue weighted by Gasteiger charge is -2.11. The minimum atomic E-state index is 0.911. The Labute approximate surface area is 301 Å². The molecule has 0 amide bonds. The van der Waals surface area contributed by atoms with Gasteiger partial charge >= 0.3 is 0 Å². The van der Waals surface area contributed by atoms with Gasteiger partial charge in [-0.15, -0.1) is 0 Å². The highest BCUT2D eigenvalue weighted by Gasteiger charge is 2.09. The number of rotatable bonds is 2. The predicted molar refractivity (Wildman–Crippen MR) is 212 cm³/mol. The first-order chi connectivity index (χ1) is 25.1. The van der Waals surface area contributed by atoms with Crippen molar-refractivity contribution in [2.75, 3.05) is 0 Å². The van der Waals surface area contributed by atoms with E-state index in [9.17, 15) is 0 Å². The molecule has 0 unspecified atom stereocenters. The smallest absolute Gasteiger partial charge is 0.0267 e. The highest BCUT2D eigenvalue weighted by molar-refractivity contribution is 5.77. The molecule has 7 rings (SSSR count).